The van der Waals surface area contributed by atoms with Crippen molar-refractivity contribution in [1.82, 2.24) is 0 Å². The number of carboxylic acid groups (broad SMARTS) is 3. The smallest absolute Gasteiger partial charge is 0.345 e. The first-order valence-corrected chi connectivity index (χ1v) is 5.79. The van der Waals surface area contributed by atoms with E-state index in [0.717, 1.165) is 18.2 Å². The first-order valence-electron chi connectivity index (χ1n) is 5.79. The summed E-state index contributed by atoms with van der Waals surface area (Å²) in [6.45, 7) is 0. The molecule has 0 spiro atoms. The van der Waals surface area contributed by atoms with E-state index in [-0.39, 0.29) is 5.56 Å². The number of hydrogen-bond donors (Lipinski definition) is 3. The Morgan fingerprint density at radius 3 is 1.95 bits per heavy atom. The lowest BCUT2D eigenvalue weighted by Crippen LogP contribution is -2.15. The van der Waals surface area contributed by atoms with Gasteiger partial charge in [-0.05, 0) is 18.2 Å². The van der Waals surface area contributed by atoms with Crippen molar-refractivity contribution in [2.75, 3.05) is 0 Å². The molecule has 1 aromatic rings. The first kappa shape index (κ1) is 16.8. The molecule has 0 amide bonds. The molecule has 1 aromatic carbocycles. The van der Waals surface area contributed by atoms with Gasteiger partial charge in [0.15, 0.2) is 0 Å². The minimum absolute atomic E-state index is 0.342. The first-order chi connectivity index (χ1) is 10.2. The topological polar surface area (TPSA) is 155 Å². The minimum Gasteiger partial charge on any atom is -0.481 e. The van der Waals surface area contributed by atoms with Crippen molar-refractivity contribution in [1.29, 1.82) is 0 Å². The molecule has 0 aromatic heterocycles. The summed E-state index contributed by atoms with van der Waals surface area (Å²) in [5.41, 5.74) is -1.51. The maximum Gasteiger partial charge on any atom is 0.345 e. The molecular formula is C13H10O9. The Labute approximate surface area is 122 Å². The van der Waals surface area contributed by atoms with Crippen LogP contribution < -0.4 is 0 Å². The highest BCUT2D eigenvalue weighted by Crippen LogP contribution is 2.14. The molecule has 0 saturated carbocycles. The molecule has 9 heteroatoms. The molecule has 9 nitrogen and oxygen atoms in total. The van der Waals surface area contributed by atoms with E-state index in [1.54, 1.807) is 0 Å². The summed E-state index contributed by atoms with van der Waals surface area (Å²) in [7, 11) is 0. The fraction of sp³-hybridized carbons (Fsp3) is 0.154. The maximum absolute atomic E-state index is 11.6. The summed E-state index contributed by atoms with van der Waals surface area (Å²) in [4.78, 5) is 54.9. The van der Waals surface area contributed by atoms with Gasteiger partial charge in [-0.2, -0.15) is 0 Å². The van der Waals surface area contributed by atoms with Crippen LogP contribution in [-0.2, 0) is 14.3 Å². The standard InChI is InChI=1S/C13H10O9/c14-9(15)3-4-10(16)22-13(21)6-1-2-7(11(17)18)8(5-6)12(19)20/h1-2,5H,3-4H2,(H,14,15)(H,17,18)(H,19,20). The third-order valence-electron chi connectivity index (χ3n) is 2.47. The number of carboxylic acids is 3. The number of ether oxygens (including phenoxy) is 1. The Bertz CT molecular complexity index is 659. The molecule has 0 heterocycles. The summed E-state index contributed by atoms with van der Waals surface area (Å²) in [6.07, 6.45) is -1.05. The molecule has 0 fully saturated rings. The molecule has 0 atom stereocenters. The largest absolute Gasteiger partial charge is 0.481 e. The van der Waals surface area contributed by atoms with Gasteiger partial charge in [0.05, 0.1) is 29.5 Å². The lowest BCUT2D eigenvalue weighted by Gasteiger charge is -2.05. The minimum atomic E-state index is -1.57. The van der Waals surface area contributed by atoms with Crippen LogP contribution in [0.15, 0.2) is 18.2 Å². The average molecular weight is 310 g/mol. The zero-order valence-corrected chi connectivity index (χ0v) is 10.9. The van der Waals surface area contributed by atoms with Crippen LogP contribution in [0.4, 0.5) is 0 Å². The number of carbonyl (C=O) groups is 5. The zero-order valence-electron chi connectivity index (χ0n) is 10.9. The van der Waals surface area contributed by atoms with Crippen LogP contribution in [0.1, 0.15) is 43.9 Å². The molecule has 0 bridgehead atoms. The number of rotatable bonds is 6. The van der Waals surface area contributed by atoms with E-state index >= 15 is 0 Å². The highest BCUT2D eigenvalue weighted by atomic mass is 16.6. The van der Waals surface area contributed by atoms with Crippen molar-refractivity contribution < 1.29 is 44.0 Å². The Kier molecular flexibility index (Phi) is 5.33. The van der Waals surface area contributed by atoms with Gasteiger partial charge in [0, 0.05) is 0 Å². The number of carbonyl (C=O) groups excluding carboxylic acids is 2. The molecule has 22 heavy (non-hydrogen) atoms. The monoisotopic (exact) mass is 310 g/mol. The highest BCUT2D eigenvalue weighted by molar-refractivity contribution is 6.05. The summed E-state index contributed by atoms with van der Waals surface area (Å²) >= 11 is 0. The second-order valence-corrected chi connectivity index (χ2v) is 4.03. The predicted octanol–water partition coefficient (Wildman–Crippen LogP) is 0.631. The molecule has 0 aliphatic carbocycles. The second kappa shape index (κ2) is 6.97. The van der Waals surface area contributed by atoms with Gasteiger partial charge in [0.25, 0.3) is 0 Å². The Morgan fingerprint density at radius 1 is 0.864 bits per heavy atom. The molecule has 0 unspecified atom stereocenters. The SMILES string of the molecule is O=C(O)CCC(=O)OC(=O)c1ccc(C(=O)O)c(C(=O)O)c1. The van der Waals surface area contributed by atoms with E-state index in [4.69, 9.17) is 15.3 Å². The summed E-state index contributed by atoms with van der Waals surface area (Å²) in [6, 6.07) is 2.64. The normalized spacial score (nSPS) is 9.82. The van der Waals surface area contributed by atoms with Crippen molar-refractivity contribution in [2.24, 2.45) is 0 Å². The van der Waals surface area contributed by atoms with Gasteiger partial charge in [-0.1, -0.05) is 0 Å². The van der Waals surface area contributed by atoms with Crippen LogP contribution in [0.2, 0.25) is 0 Å². The van der Waals surface area contributed by atoms with Gasteiger partial charge < -0.3 is 20.1 Å². The number of benzene rings is 1. The van der Waals surface area contributed by atoms with Crippen LogP contribution in [-0.4, -0.2) is 45.2 Å². The van der Waals surface area contributed by atoms with Crippen LogP contribution in [0.5, 0.6) is 0 Å². The molecule has 3 N–H and O–H groups in total. The quantitative estimate of drug-likeness (QED) is 0.506. The van der Waals surface area contributed by atoms with Gasteiger partial charge in [-0.3, -0.25) is 9.59 Å². The van der Waals surface area contributed by atoms with Crippen molar-refractivity contribution in [3.05, 3.63) is 34.9 Å². The summed E-state index contributed by atoms with van der Waals surface area (Å²) in [5.74, 6) is -6.59. The third kappa shape index (κ3) is 4.40. The predicted molar refractivity (Wildman–Crippen MR) is 67.7 cm³/mol. The Morgan fingerprint density at radius 2 is 1.45 bits per heavy atom. The summed E-state index contributed by atoms with van der Waals surface area (Å²) < 4.78 is 4.34. The van der Waals surface area contributed by atoms with Gasteiger partial charge in [-0.15, -0.1) is 0 Å². The van der Waals surface area contributed by atoms with E-state index in [2.05, 4.69) is 4.74 Å². The molecule has 1 rings (SSSR count). The van der Waals surface area contributed by atoms with Crippen molar-refractivity contribution in [3.8, 4) is 0 Å². The van der Waals surface area contributed by atoms with Crippen LogP contribution >= 0.6 is 0 Å². The van der Waals surface area contributed by atoms with E-state index in [1.807, 2.05) is 0 Å². The number of esters is 2. The van der Waals surface area contributed by atoms with Gasteiger partial charge >= 0.3 is 29.8 Å². The Balaban J connectivity index is 2.93. The van der Waals surface area contributed by atoms with Gasteiger partial charge in [-0.25, -0.2) is 14.4 Å². The van der Waals surface area contributed by atoms with Crippen LogP contribution in [0, 0.1) is 0 Å². The van der Waals surface area contributed by atoms with Crippen molar-refractivity contribution >= 4 is 29.8 Å². The molecule has 0 radical (unpaired) electrons. The number of hydrogen-bond acceptors (Lipinski definition) is 6. The fourth-order valence-electron chi connectivity index (χ4n) is 1.46. The Hall–Kier alpha value is -3.23. The van der Waals surface area contributed by atoms with E-state index < -0.39 is 53.8 Å². The molecule has 0 saturated heterocycles. The fourth-order valence-corrected chi connectivity index (χ4v) is 1.46. The summed E-state index contributed by atoms with van der Waals surface area (Å²) in [5, 5.41) is 26.1. The molecular weight excluding hydrogens is 300 g/mol. The average Bonchev–Trinajstić information content (AvgIpc) is 2.44. The lowest BCUT2D eigenvalue weighted by molar-refractivity contribution is -0.144. The third-order valence-corrected chi connectivity index (χ3v) is 2.47. The van der Waals surface area contributed by atoms with E-state index in [0.29, 0.717) is 0 Å². The number of aliphatic carboxylic acids is 1. The number of aromatic carboxylic acids is 2. The van der Waals surface area contributed by atoms with E-state index in [9.17, 15) is 24.0 Å². The molecule has 0 aliphatic heterocycles. The van der Waals surface area contributed by atoms with Crippen LogP contribution in [0.25, 0.3) is 0 Å². The molecule has 0 aliphatic rings. The van der Waals surface area contributed by atoms with Crippen LogP contribution in [0.3, 0.4) is 0 Å². The zero-order chi connectivity index (χ0) is 16.9. The van der Waals surface area contributed by atoms with Gasteiger partial charge in [0.1, 0.15) is 0 Å². The van der Waals surface area contributed by atoms with Crippen molar-refractivity contribution in [3.63, 3.8) is 0 Å². The lowest BCUT2D eigenvalue weighted by atomic mass is 10.0. The maximum atomic E-state index is 11.6. The highest BCUT2D eigenvalue weighted by Gasteiger charge is 2.20. The second-order valence-electron chi connectivity index (χ2n) is 4.03. The van der Waals surface area contributed by atoms with Gasteiger partial charge in [0.2, 0.25) is 0 Å². The van der Waals surface area contributed by atoms with Crippen molar-refractivity contribution in [2.45, 2.75) is 12.8 Å². The van der Waals surface area contributed by atoms with E-state index in [1.165, 1.54) is 0 Å². The molecule has 116 valence electrons.